The summed E-state index contributed by atoms with van der Waals surface area (Å²) in [7, 11) is 0. The molecule has 0 saturated carbocycles. The number of hydrogen-bond acceptors (Lipinski definition) is 2. The highest BCUT2D eigenvalue weighted by Gasteiger charge is 2.35. The van der Waals surface area contributed by atoms with Gasteiger partial charge in [-0.2, -0.15) is 13.2 Å². The van der Waals surface area contributed by atoms with E-state index in [1.807, 2.05) is 20.8 Å². The van der Waals surface area contributed by atoms with E-state index < -0.39 is 23.3 Å². The van der Waals surface area contributed by atoms with Gasteiger partial charge in [-0.3, -0.25) is 0 Å². The lowest BCUT2D eigenvalue weighted by Gasteiger charge is -2.18. The Morgan fingerprint density at radius 2 is 1.85 bits per heavy atom. The van der Waals surface area contributed by atoms with Gasteiger partial charge in [0.25, 0.3) is 0 Å². The number of carboxylic acid groups (broad SMARTS) is 1. The molecule has 0 amide bonds. The number of aromatic carboxylic acids is 1. The molecule has 0 aliphatic carbocycles. The fraction of sp³-hybridized carbons (Fsp3) is 0.500. The summed E-state index contributed by atoms with van der Waals surface area (Å²) < 4.78 is 43.6. The summed E-state index contributed by atoms with van der Waals surface area (Å²) in [5.41, 5.74) is -1.97. The molecule has 1 aromatic carbocycles. The maximum absolute atomic E-state index is 12.8. The van der Waals surface area contributed by atoms with Crippen molar-refractivity contribution in [2.45, 2.75) is 33.4 Å². The first-order valence-electron chi connectivity index (χ1n) is 6.08. The predicted octanol–water partition coefficient (Wildman–Crippen LogP) is 4.22. The van der Waals surface area contributed by atoms with Crippen LogP contribution in [0.4, 0.5) is 13.2 Å². The monoisotopic (exact) mass is 290 g/mol. The summed E-state index contributed by atoms with van der Waals surface area (Å²) in [6.07, 6.45) is -4.05. The highest BCUT2D eigenvalue weighted by atomic mass is 19.4. The minimum Gasteiger partial charge on any atom is -0.494 e. The van der Waals surface area contributed by atoms with E-state index in [1.165, 1.54) is 6.07 Å². The predicted molar refractivity (Wildman–Crippen MR) is 68.0 cm³/mol. The largest absolute Gasteiger partial charge is 0.494 e. The van der Waals surface area contributed by atoms with E-state index in [2.05, 4.69) is 0 Å². The molecule has 0 spiro atoms. The number of alkyl halides is 3. The average Bonchev–Trinajstić information content (AvgIpc) is 2.25. The van der Waals surface area contributed by atoms with Crippen molar-refractivity contribution in [3.8, 4) is 5.75 Å². The van der Waals surface area contributed by atoms with Crippen molar-refractivity contribution in [2.75, 3.05) is 6.61 Å². The topological polar surface area (TPSA) is 46.5 Å². The lowest BCUT2D eigenvalue weighted by atomic mass is 9.93. The van der Waals surface area contributed by atoms with Gasteiger partial charge in [-0.15, -0.1) is 0 Å². The van der Waals surface area contributed by atoms with Crippen molar-refractivity contribution in [1.29, 1.82) is 0 Å². The molecule has 0 atom stereocenters. The molecule has 0 heterocycles. The van der Waals surface area contributed by atoms with Gasteiger partial charge < -0.3 is 9.84 Å². The number of carboxylic acids is 1. The maximum Gasteiger partial charge on any atom is 0.417 e. The molecule has 3 nitrogen and oxygen atoms in total. The van der Waals surface area contributed by atoms with E-state index in [4.69, 9.17) is 9.84 Å². The van der Waals surface area contributed by atoms with Gasteiger partial charge in [0.05, 0.1) is 17.7 Å². The lowest BCUT2D eigenvalue weighted by molar-refractivity contribution is -0.138. The molecule has 112 valence electrons. The van der Waals surface area contributed by atoms with Crippen LogP contribution in [0.3, 0.4) is 0 Å². The second-order valence-corrected chi connectivity index (χ2v) is 5.67. The molecule has 0 aliphatic heterocycles. The zero-order chi connectivity index (χ0) is 15.6. The van der Waals surface area contributed by atoms with Gasteiger partial charge in [0.1, 0.15) is 5.75 Å². The van der Waals surface area contributed by atoms with Gasteiger partial charge >= 0.3 is 12.1 Å². The third-order valence-electron chi connectivity index (χ3n) is 2.65. The fourth-order valence-electron chi connectivity index (χ4n) is 1.51. The van der Waals surface area contributed by atoms with E-state index in [9.17, 15) is 18.0 Å². The molecule has 1 N–H and O–H groups in total. The molecule has 0 aliphatic rings. The van der Waals surface area contributed by atoms with Crippen molar-refractivity contribution in [3.63, 3.8) is 0 Å². The van der Waals surface area contributed by atoms with Crippen molar-refractivity contribution in [1.82, 2.24) is 0 Å². The Kier molecular flexibility index (Phi) is 4.68. The Morgan fingerprint density at radius 3 is 2.30 bits per heavy atom. The quantitative estimate of drug-likeness (QED) is 0.903. The minimum absolute atomic E-state index is 0.00780. The summed E-state index contributed by atoms with van der Waals surface area (Å²) in [6, 6.07) is 2.88. The molecule has 20 heavy (non-hydrogen) atoms. The molecule has 0 unspecified atom stereocenters. The molecule has 0 radical (unpaired) electrons. The van der Waals surface area contributed by atoms with Crippen LogP contribution in [-0.2, 0) is 6.18 Å². The van der Waals surface area contributed by atoms with Crippen LogP contribution < -0.4 is 4.74 Å². The van der Waals surface area contributed by atoms with Crippen molar-refractivity contribution < 1.29 is 27.8 Å². The summed E-state index contributed by atoms with van der Waals surface area (Å²) >= 11 is 0. The second kappa shape index (κ2) is 5.73. The number of ether oxygens (including phenoxy) is 1. The standard InChI is InChI=1S/C14H17F3O3/c1-13(2,3)6-7-20-9-4-5-10(12(18)19)11(8-9)14(15,16)17/h4-5,8H,6-7H2,1-3H3,(H,18,19). The molecule has 6 heteroatoms. The SMILES string of the molecule is CC(C)(C)CCOc1ccc(C(=O)O)c(C(F)(F)F)c1. The lowest BCUT2D eigenvalue weighted by Crippen LogP contribution is -2.14. The van der Waals surface area contributed by atoms with Gasteiger partial charge in [0.15, 0.2) is 0 Å². The van der Waals surface area contributed by atoms with Crippen LogP contribution in [0, 0.1) is 5.41 Å². The van der Waals surface area contributed by atoms with E-state index >= 15 is 0 Å². The van der Waals surface area contributed by atoms with Crippen LogP contribution in [0.5, 0.6) is 5.75 Å². The Bertz CT molecular complexity index is 487. The van der Waals surface area contributed by atoms with Gasteiger partial charge in [-0.1, -0.05) is 20.8 Å². The van der Waals surface area contributed by atoms with Crippen molar-refractivity contribution in [3.05, 3.63) is 29.3 Å². The summed E-state index contributed by atoms with van der Waals surface area (Å²) in [4.78, 5) is 10.8. The van der Waals surface area contributed by atoms with Gasteiger partial charge in [-0.25, -0.2) is 4.79 Å². The van der Waals surface area contributed by atoms with Crippen LogP contribution >= 0.6 is 0 Å². The third-order valence-corrected chi connectivity index (χ3v) is 2.65. The summed E-state index contributed by atoms with van der Waals surface area (Å²) in [6.45, 7) is 6.24. The van der Waals surface area contributed by atoms with Crippen LogP contribution in [0.1, 0.15) is 43.1 Å². The van der Waals surface area contributed by atoms with Crippen LogP contribution in [0.2, 0.25) is 0 Å². The zero-order valence-corrected chi connectivity index (χ0v) is 11.5. The molecular weight excluding hydrogens is 273 g/mol. The molecule has 1 aromatic rings. The molecular formula is C14H17F3O3. The van der Waals surface area contributed by atoms with Crippen molar-refractivity contribution >= 4 is 5.97 Å². The number of halogens is 3. The first-order valence-corrected chi connectivity index (χ1v) is 6.08. The van der Waals surface area contributed by atoms with E-state index in [0.717, 1.165) is 12.1 Å². The Balaban J connectivity index is 2.93. The Morgan fingerprint density at radius 1 is 1.25 bits per heavy atom. The van der Waals surface area contributed by atoms with Crippen LogP contribution in [0.25, 0.3) is 0 Å². The van der Waals surface area contributed by atoms with Gasteiger partial charge in [-0.05, 0) is 30.0 Å². The average molecular weight is 290 g/mol. The van der Waals surface area contributed by atoms with Crippen molar-refractivity contribution in [2.24, 2.45) is 5.41 Å². The molecule has 1 rings (SSSR count). The number of benzene rings is 1. The van der Waals surface area contributed by atoms with Gasteiger partial charge in [0, 0.05) is 0 Å². The van der Waals surface area contributed by atoms with E-state index in [-0.39, 0.29) is 17.8 Å². The van der Waals surface area contributed by atoms with Crippen LogP contribution in [0.15, 0.2) is 18.2 Å². The fourth-order valence-corrected chi connectivity index (χ4v) is 1.51. The highest BCUT2D eigenvalue weighted by Crippen LogP contribution is 2.34. The molecule has 0 bridgehead atoms. The molecule has 0 fully saturated rings. The number of hydrogen-bond donors (Lipinski definition) is 1. The summed E-state index contributed by atoms with van der Waals surface area (Å²) in [5.74, 6) is -1.59. The van der Waals surface area contributed by atoms with E-state index in [1.54, 1.807) is 0 Å². The maximum atomic E-state index is 12.8. The number of rotatable bonds is 4. The number of carbonyl (C=O) groups is 1. The van der Waals surface area contributed by atoms with Crippen LogP contribution in [-0.4, -0.2) is 17.7 Å². The first-order chi connectivity index (χ1) is 9.00. The minimum atomic E-state index is -4.73. The third kappa shape index (κ3) is 4.75. The van der Waals surface area contributed by atoms with E-state index in [0.29, 0.717) is 6.42 Å². The van der Waals surface area contributed by atoms with Gasteiger partial charge in [0.2, 0.25) is 0 Å². The molecule has 0 aromatic heterocycles. The normalized spacial score (nSPS) is 12.3. The zero-order valence-electron chi connectivity index (χ0n) is 11.5. The smallest absolute Gasteiger partial charge is 0.417 e. The summed E-state index contributed by atoms with van der Waals surface area (Å²) in [5, 5.41) is 8.76. The second-order valence-electron chi connectivity index (χ2n) is 5.67. The molecule has 0 saturated heterocycles. The Labute approximate surface area is 115 Å². The first kappa shape index (κ1) is 16.3. The Hall–Kier alpha value is -1.72. The highest BCUT2D eigenvalue weighted by molar-refractivity contribution is 5.89.